The molecular weight excluding hydrogens is 1210 g/mol. The van der Waals surface area contributed by atoms with Crippen molar-refractivity contribution in [3.8, 4) is 0 Å². The first-order valence-corrected chi connectivity index (χ1v) is 40.8. The van der Waals surface area contributed by atoms with E-state index in [1.807, 2.05) is 0 Å². The van der Waals surface area contributed by atoms with Crippen LogP contribution in [0.4, 0.5) is 0 Å². The number of unbranched alkanes of at least 4 members (excludes halogenated alkanes) is 39. The third kappa shape index (κ3) is 66.7. The maximum atomic E-state index is 13.1. The number of hydrogen-bond donors (Lipinski definition) is 3. The van der Waals surface area contributed by atoms with Crippen molar-refractivity contribution in [2.45, 2.75) is 388 Å². The first-order chi connectivity index (χ1) is 44.2. The second kappa shape index (κ2) is 63.8. The van der Waals surface area contributed by atoms with Gasteiger partial charge in [0.1, 0.15) is 19.3 Å². The average molecular weight is 1350 g/mol. The maximum Gasteiger partial charge on any atom is 0.472 e. The number of aliphatic hydroxyl groups is 1. The summed E-state index contributed by atoms with van der Waals surface area (Å²) in [4.78, 5) is 72.7. The Morgan fingerprint density at radius 1 is 0.293 bits per heavy atom. The molecule has 0 bridgehead atoms. The Kier molecular flexibility index (Phi) is 62.4. The molecule has 0 fully saturated rings. The van der Waals surface area contributed by atoms with Crippen molar-refractivity contribution in [2.24, 2.45) is 17.8 Å². The monoisotopic (exact) mass is 1350 g/mol. The second-order valence-corrected chi connectivity index (χ2v) is 30.7. The fraction of sp³-hybridized carbons (Fsp3) is 0.945. The van der Waals surface area contributed by atoms with Crippen molar-refractivity contribution >= 4 is 39.5 Å². The molecule has 546 valence electrons. The molecule has 0 aromatic rings. The quantitative estimate of drug-likeness (QED) is 0.0222. The van der Waals surface area contributed by atoms with Crippen molar-refractivity contribution in [1.82, 2.24) is 0 Å². The highest BCUT2D eigenvalue weighted by molar-refractivity contribution is 7.47. The highest BCUT2D eigenvalue weighted by Gasteiger charge is 2.30. The second-order valence-electron chi connectivity index (χ2n) is 27.8. The van der Waals surface area contributed by atoms with Crippen LogP contribution in [0, 0.1) is 17.8 Å². The topological polar surface area (TPSA) is 237 Å². The lowest BCUT2D eigenvalue weighted by Crippen LogP contribution is -2.30. The summed E-state index contributed by atoms with van der Waals surface area (Å²) in [6.45, 7) is 11.9. The molecule has 0 aliphatic rings. The SMILES string of the molecule is CCCCCCCCCCCCC(=O)OC[C@H](COP(=O)(O)OC[C@H](O)COP(=O)(O)OC[C@@H](COC(=O)CCCCCCCCCCCCC(C)C)OC(=O)CCCCCCCCCCCCCCCCC(C)C)OC(=O)CCCCCCCCCCCC(C)C. The fourth-order valence-electron chi connectivity index (χ4n) is 11.1. The minimum atomic E-state index is -4.95. The zero-order valence-electron chi connectivity index (χ0n) is 60.0. The zero-order chi connectivity index (χ0) is 68.0. The maximum absolute atomic E-state index is 13.1. The molecule has 17 nitrogen and oxygen atoms in total. The molecule has 92 heavy (non-hydrogen) atoms. The molecule has 5 atom stereocenters. The van der Waals surface area contributed by atoms with Crippen LogP contribution in [0.3, 0.4) is 0 Å². The van der Waals surface area contributed by atoms with Crippen LogP contribution < -0.4 is 0 Å². The van der Waals surface area contributed by atoms with Crippen LogP contribution in [0.2, 0.25) is 0 Å². The standard InChI is InChI=1S/C73H142O17P2/c1-8-9-10-11-12-13-26-33-40-47-54-70(75)83-60-69(90-73(78)57-50-43-36-29-22-25-32-39-46-53-66(6)7)63-88-92(81,82)86-59-67(74)58-85-91(79,80)87-62-68(61-84-71(76)55-48-41-34-27-21-20-24-31-38-45-52-65(4)5)89-72(77)56-49-42-35-28-19-17-15-14-16-18-23-30-37-44-51-64(2)3/h64-69,74H,8-63H2,1-7H3,(H,79,80)(H,81,82)/t67-,68-,69-/m1/s1. The molecule has 0 aromatic carbocycles. The molecule has 0 aromatic heterocycles. The normalized spacial score (nSPS) is 14.1. The highest BCUT2D eigenvalue weighted by atomic mass is 31.2. The lowest BCUT2D eigenvalue weighted by molar-refractivity contribution is -0.161. The summed E-state index contributed by atoms with van der Waals surface area (Å²) < 4.78 is 68.4. The number of carbonyl (C=O) groups excluding carboxylic acids is 4. The number of ether oxygens (including phenoxy) is 4. The van der Waals surface area contributed by atoms with Crippen LogP contribution in [0.25, 0.3) is 0 Å². The van der Waals surface area contributed by atoms with Crippen molar-refractivity contribution in [3.63, 3.8) is 0 Å². The van der Waals surface area contributed by atoms with Crippen molar-refractivity contribution in [3.05, 3.63) is 0 Å². The number of hydrogen-bond acceptors (Lipinski definition) is 15. The fourth-order valence-corrected chi connectivity index (χ4v) is 12.7. The largest absolute Gasteiger partial charge is 0.472 e. The molecule has 0 amide bonds. The molecule has 0 spiro atoms. The molecule has 0 saturated carbocycles. The number of aliphatic hydroxyl groups excluding tert-OH is 1. The van der Waals surface area contributed by atoms with Gasteiger partial charge >= 0.3 is 39.5 Å². The highest BCUT2D eigenvalue weighted by Crippen LogP contribution is 2.45. The van der Waals surface area contributed by atoms with Gasteiger partial charge in [-0.05, 0) is 43.4 Å². The third-order valence-electron chi connectivity index (χ3n) is 16.9. The van der Waals surface area contributed by atoms with Crippen molar-refractivity contribution in [2.75, 3.05) is 39.6 Å². The minimum Gasteiger partial charge on any atom is -0.462 e. The Balaban J connectivity index is 5.25. The lowest BCUT2D eigenvalue weighted by atomic mass is 10.0. The zero-order valence-corrected chi connectivity index (χ0v) is 61.8. The summed E-state index contributed by atoms with van der Waals surface area (Å²) in [7, 11) is -9.91. The summed E-state index contributed by atoms with van der Waals surface area (Å²) in [5.74, 6) is 0.168. The van der Waals surface area contributed by atoms with E-state index in [4.69, 9.17) is 37.0 Å². The van der Waals surface area contributed by atoms with E-state index in [2.05, 4.69) is 48.5 Å². The van der Waals surface area contributed by atoms with Gasteiger partial charge < -0.3 is 33.8 Å². The van der Waals surface area contributed by atoms with E-state index in [0.717, 1.165) is 108 Å². The van der Waals surface area contributed by atoms with Crippen LogP contribution in [0.5, 0.6) is 0 Å². The molecule has 3 N–H and O–H groups in total. The van der Waals surface area contributed by atoms with Gasteiger partial charge in [-0.15, -0.1) is 0 Å². The predicted octanol–water partition coefficient (Wildman–Crippen LogP) is 21.0. The third-order valence-corrected chi connectivity index (χ3v) is 18.8. The van der Waals surface area contributed by atoms with E-state index < -0.39 is 97.5 Å². The molecule has 0 aliphatic carbocycles. The molecule has 19 heteroatoms. The van der Waals surface area contributed by atoms with E-state index >= 15 is 0 Å². The number of esters is 4. The van der Waals surface area contributed by atoms with E-state index in [9.17, 15) is 43.2 Å². The summed E-state index contributed by atoms with van der Waals surface area (Å²) in [6, 6.07) is 0. The van der Waals surface area contributed by atoms with Crippen LogP contribution in [0.15, 0.2) is 0 Å². The van der Waals surface area contributed by atoms with Gasteiger partial charge in [0.25, 0.3) is 0 Å². The van der Waals surface area contributed by atoms with Crippen LogP contribution in [-0.4, -0.2) is 96.7 Å². The Morgan fingerprint density at radius 3 is 0.739 bits per heavy atom. The van der Waals surface area contributed by atoms with Crippen LogP contribution >= 0.6 is 15.6 Å². The van der Waals surface area contributed by atoms with Gasteiger partial charge in [0.05, 0.1) is 26.4 Å². The van der Waals surface area contributed by atoms with E-state index in [-0.39, 0.29) is 25.7 Å². The van der Waals surface area contributed by atoms with E-state index in [1.165, 1.54) is 180 Å². The molecule has 2 unspecified atom stereocenters. The lowest BCUT2D eigenvalue weighted by Gasteiger charge is -2.21. The predicted molar refractivity (Wildman–Crippen MR) is 372 cm³/mol. The van der Waals surface area contributed by atoms with Crippen molar-refractivity contribution in [1.29, 1.82) is 0 Å². The first-order valence-electron chi connectivity index (χ1n) is 37.8. The minimum absolute atomic E-state index is 0.105. The number of rotatable bonds is 71. The Morgan fingerprint density at radius 2 is 0.500 bits per heavy atom. The summed E-state index contributed by atoms with van der Waals surface area (Å²) in [5.41, 5.74) is 0. The van der Waals surface area contributed by atoms with E-state index in [0.29, 0.717) is 25.7 Å². The molecule has 0 aliphatic heterocycles. The average Bonchev–Trinajstić information content (AvgIpc) is 1.47. The van der Waals surface area contributed by atoms with Gasteiger partial charge in [-0.1, -0.05) is 318 Å². The van der Waals surface area contributed by atoms with Gasteiger partial charge in [-0.25, -0.2) is 9.13 Å². The van der Waals surface area contributed by atoms with Gasteiger partial charge in [-0.2, -0.15) is 0 Å². The molecule has 0 radical (unpaired) electrons. The Hall–Kier alpha value is -1.94. The Labute approximate surface area is 562 Å². The summed E-state index contributed by atoms with van der Waals surface area (Å²) in [6.07, 6.45) is 48.5. The number of phosphoric acid groups is 2. The number of carbonyl (C=O) groups is 4. The van der Waals surface area contributed by atoms with Gasteiger partial charge in [0.2, 0.25) is 0 Å². The molecular formula is C73H142O17P2. The van der Waals surface area contributed by atoms with Crippen molar-refractivity contribution < 1.29 is 80.2 Å². The van der Waals surface area contributed by atoms with Gasteiger partial charge in [0.15, 0.2) is 12.2 Å². The Bertz CT molecular complexity index is 1800. The smallest absolute Gasteiger partial charge is 0.462 e. The first kappa shape index (κ1) is 90.1. The van der Waals surface area contributed by atoms with Gasteiger partial charge in [0, 0.05) is 25.7 Å². The summed E-state index contributed by atoms with van der Waals surface area (Å²) >= 11 is 0. The van der Waals surface area contributed by atoms with E-state index in [1.54, 1.807) is 0 Å². The number of phosphoric ester groups is 2. The van der Waals surface area contributed by atoms with Gasteiger partial charge in [-0.3, -0.25) is 37.3 Å². The van der Waals surface area contributed by atoms with Crippen LogP contribution in [0.1, 0.15) is 370 Å². The summed E-state index contributed by atoms with van der Waals surface area (Å²) in [5, 5.41) is 10.6. The molecule has 0 heterocycles. The van der Waals surface area contributed by atoms with Crippen LogP contribution in [-0.2, 0) is 65.4 Å². The molecule has 0 saturated heterocycles. The molecule has 0 rings (SSSR count).